The van der Waals surface area contributed by atoms with Crippen LogP contribution < -0.4 is 0 Å². The molecule has 7 heteroatoms. The molecule has 0 saturated carbocycles. The van der Waals surface area contributed by atoms with Crippen LogP contribution in [0.15, 0.2) is 24.3 Å². The van der Waals surface area contributed by atoms with Gasteiger partial charge in [0.1, 0.15) is 5.15 Å². The summed E-state index contributed by atoms with van der Waals surface area (Å²) in [5.41, 5.74) is -0.304. The Bertz CT molecular complexity index is 606. The highest BCUT2D eigenvalue weighted by atomic mass is 35.5. The van der Waals surface area contributed by atoms with Crippen LogP contribution in [0.25, 0.3) is 0 Å². The number of hydrogen-bond acceptors (Lipinski definition) is 1. The lowest BCUT2D eigenvalue weighted by Crippen LogP contribution is -2.09. The lowest BCUT2D eigenvalue weighted by Gasteiger charge is -2.04. The summed E-state index contributed by atoms with van der Waals surface area (Å²) in [6.07, 6.45) is -4.51. The molecule has 1 heterocycles. The number of hydrogen-bond donors (Lipinski definition) is 0. The van der Waals surface area contributed by atoms with Crippen LogP contribution in [0.5, 0.6) is 0 Å². The van der Waals surface area contributed by atoms with Crippen molar-refractivity contribution in [1.29, 1.82) is 0 Å². The molecule has 0 unspecified atom stereocenters. The minimum Gasteiger partial charge on any atom is -0.249 e. The highest BCUT2D eigenvalue weighted by molar-refractivity contribution is 6.30. The predicted molar refractivity (Wildman–Crippen MR) is 67.5 cm³/mol. The highest BCUT2D eigenvalue weighted by Gasteiger charge is 2.37. The summed E-state index contributed by atoms with van der Waals surface area (Å²) in [4.78, 5) is 0. The Labute approximate surface area is 117 Å². The first-order chi connectivity index (χ1) is 8.79. The van der Waals surface area contributed by atoms with Crippen molar-refractivity contribution in [3.8, 4) is 0 Å². The second-order valence-corrected chi connectivity index (χ2v) is 4.84. The Hall–Kier alpha value is -1.20. The molecule has 2 rings (SSSR count). The summed E-state index contributed by atoms with van der Waals surface area (Å²) in [7, 11) is 0. The van der Waals surface area contributed by atoms with Crippen LogP contribution in [0.3, 0.4) is 0 Å². The van der Waals surface area contributed by atoms with Crippen LogP contribution in [0.1, 0.15) is 16.8 Å². The van der Waals surface area contributed by atoms with E-state index in [1.54, 1.807) is 24.3 Å². The van der Waals surface area contributed by atoms with Crippen LogP contribution in [-0.4, -0.2) is 9.78 Å². The lowest BCUT2D eigenvalue weighted by atomic mass is 10.2. The second-order valence-electron chi connectivity index (χ2n) is 4.05. The zero-order chi connectivity index (χ0) is 14.2. The normalized spacial score (nSPS) is 11.9. The molecule has 0 radical (unpaired) electrons. The Kier molecular flexibility index (Phi) is 3.78. The first-order valence-corrected chi connectivity index (χ1v) is 6.09. The predicted octanol–water partition coefficient (Wildman–Crippen LogP) is 4.57. The zero-order valence-corrected chi connectivity index (χ0v) is 11.3. The van der Waals surface area contributed by atoms with Gasteiger partial charge in [-0.2, -0.15) is 18.3 Å². The van der Waals surface area contributed by atoms with Crippen molar-refractivity contribution >= 4 is 23.2 Å². The SMILES string of the molecule is Cc1c(C(F)(F)F)nn(Cc2cccc(Cl)c2)c1Cl. The average Bonchev–Trinajstić information content (AvgIpc) is 2.57. The van der Waals surface area contributed by atoms with E-state index in [2.05, 4.69) is 5.10 Å². The minimum atomic E-state index is -4.51. The highest BCUT2D eigenvalue weighted by Crippen LogP contribution is 2.34. The summed E-state index contributed by atoms with van der Waals surface area (Å²) in [6, 6.07) is 6.80. The van der Waals surface area contributed by atoms with E-state index in [0.29, 0.717) is 5.02 Å². The van der Waals surface area contributed by atoms with Crippen molar-refractivity contribution in [2.75, 3.05) is 0 Å². The number of halogens is 5. The van der Waals surface area contributed by atoms with E-state index in [1.807, 2.05) is 0 Å². The van der Waals surface area contributed by atoms with Gasteiger partial charge in [-0.1, -0.05) is 35.3 Å². The van der Waals surface area contributed by atoms with E-state index in [4.69, 9.17) is 23.2 Å². The molecular weight excluding hydrogens is 300 g/mol. The Balaban J connectivity index is 2.37. The largest absolute Gasteiger partial charge is 0.435 e. The standard InChI is InChI=1S/C12H9Cl2F3N2/c1-7-10(12(15,16)17)18-19(11(7)14)6-8-3-2-4-9(13)5-8/h2-5H,6H2,1H3. The van der Waals surface area contributed by atoms with E-state index < -0.39 is 11.9 Å². The molecule has 1 aromatic carbocycles. The molecule has 102 valence electrons. The molecular formula is C12H9Cl2F3N2. The maximum Gasteiger partial charge on any atom is 0.435 e. The second kappa shape index (κ2) is 5.06. The van der Waals surface area contributed by atoms with Gasteiger partial charge in [0.25, 0.3) is 0 Å². The van der Waals surface area contributed by atoms with Crippen LogP contribution >= 0.6 is 23.2 Å². The van der Waals surface area contributed by atoms with Crippen LogP contribution in [0, 0.1) is 6.92 Å². The summed E-state index contributed by atoms with van der Waals surface area (Å²) in [5.74, 6) is 0. The number of nitrogens with zero attached hydrogens (tertiary/aromatic N) is 2. The fourth-order valence-electron chi connectivity index (χ4n) is 1.71. The quantitative estimate of drug-likeness (QED) is 0.795. The third-order valence-electron chi connectivity index (χ3n) is 2.60. The van der Waals surface area contributed by atoms with E-state index in [1.165, 1.54) is 6.92 Å². The van der Waals surface area contributed by atoms with E-state index >= 15 is 0 Å². The molecule has 2 nitrogen and oxygen atoms in total. The third kappa shape index (κ3) is 3.04. The number of rotatable bonds is 2. The monoisotopic (exact) mass is 308 g/mol. The first-order valence-electron chi connectivity index (χ1n) is 5.33. The molecule has 0 aliphatic rings. The van der Waals surface area contributed by atoms with Gasteiger partial charge < -0.3 is 0 Å². The molecule has 0 N–H and O–H groups in total. The molecule has 1 aromatic heterocycles. The van der Waals surface area contributed by atoms with Crippen molar-refractivity contribution in [1.82, 2.24) is 9.78 Å². The molecule has 0 amide bonds. The van der Waals surface area contributed by atoms with Crippen molar-refractivity contribution < 1.29 is 13.2 Å². The van der Waals surface area contributed by atoms with Gasteiger partial charge in [-0.25, -0.2) is 4.68 Å². The number of benzene rings is 1. The lowest BCUT2D eigenvalue weighted by molar-refractivity contribution is -0.141. The maximum absolute atomic E-state index is 12.7. The fourth-order valence-corrected chi connectivity index (χ4v) is 2.11. The summed E-state index contributed by atoms with van der Waals surface area (Å²) in [5, 5.41) is 4.01. The van der Waals surface area contributed by atoms with Crippen molar-refractivity contribution in [3.63, 3.8) is 0 Å². The molecule has 2 aromatic rings. The molecule has 0 bridgehead atoms. The minimum absolute atomic E-state index is 0.0210. The van der Waals surface area contributed by atoms with Gasteiger partial charge in [0.2, 0.25) is 0 Å². The first kappa shape index (κ1) is 14.2. The number of aromatic nitrogens is 2. The van der Waals surface area contributed by atoms with Crippen LogP contribution in [-0.2, 0) is 12.7 Å². The van der Waals surface area contributed by atoms with E-state index in [-0.39, 0.29) is 17.3 Å². The van der Waals surface area contributed by atoms with Crippen molar-refractivity contribution in [3.05, 3.63) is 51.3 Å². The Morgan fingerprint density at radius 1 is 1.26 bits per heavy atom. The van der Waals surface area contributed by atoms with E-state index in [0.717, 1.165) is 10.2 Å². The fraction of sp³-hybridized carbons (Fsp3) is 0.250. The molecule has 0 fully saturated rings. The summed E-state index contributed by atoms with van der Waals surface area (Å²) in [6.45, 7) is 1.43. The van der Waals surface area contributed by atoms with Gasteiger partial charge in [0, 0.05) is 10.6 Å². The van der Waals surface area contributed by atoms with Crippen molar-refractivity contribution in [2.24, 2.45) is 0 Å². The topological polar surface area (TPSA) is 17.8 Å². The molecule has 0 saturated heterocycles. The van der Waals surface area contributed by atoms with Crippen LogP contribution in [0.2, 0.25) is 10.2 Å². The van der Waals surface area contributed by atoms with Gasteiger partial charge in [-0.3, -0.25) is 0 Å². The molecule has 0 atom stereocenters. The maximum atomic E-state index is 12.7. The zero-order valence-electron chi connectivity index (χ0n) is 9.80. The van der Waals surface area contributed by atoms with Gasteiger partial charge in [0.15, 0.2) is 5.69 Å². The van der Waals surface area contributed by atoms with Gasteiger partial charge in [-0.05, 0) is 24.6 Å². The Morgan fingerprint density at radius 3 is 2.47 bits per heavy atom. The smallest absolute Gasteiger partial charge is 0.249 e. The summed E-state index contributed by atoms with van der Waals surface area (Å²) < 4.78 is 39.2. The summed E-state index contributed by atoms with van der Waals surface area (Å²) >= 11 is 11.7. The van der Waals surface area contributed by atoms with Gasteiger partial charge >= 0.3 is 6.18 Å². The van der Waals surface area contributed by atoms with Crippen LogP contribution in [0.4, 0.5) is 13.2 Å². The molecule has 0 spiro atoms. The van der Waals surface area contributed by atoms with Crippen molar-refractivity contribution in [2.45, 2.75) is 19.6 Å². The van der Waals surface area contributed by atoms with E-state index in [9.17, 15) is 13.2 Å². The Morgan fingerprint density at radius 2 is 1.95 bits per heavy atom. The molecule has 0 aliphatic carbocycles. The molecule has 19 heavy (non-hydrogen) atoms. The third-order valence-corrected chi connectivity index (χ3v) is 3.32. The molecule has 0 aliphatic heterocycles. The average molecular weight is 309 g/mol. The van der Waals surface area contributed by atoms with Gasteiger partial charge in [0.05, 0.1) is 6.54 Å². The van der Waals surface area contributed by atoms with Gasteiger partial charge in [-0.15, -0.1) is 0 Å². The number of alkyl halides is 3.